The Bertz CT molecular complexity index is 246. The molecule has 3 heteroatoms. The largest absolute Gasteiger partial charge is 0.359 e. The molecule has 0 aromatic heterocycles. The molecule has 1 aliphatic carbocycles. The normalized spacial score (nSPS) is 37.2. The molecule has 1 aliphatic heterocycles. The van der Waals surface area contributed by atoms with Crippen molar-refractivity contribution in [2.45, 2.75) is 51.6 Å². The van der Waals surface area contributed by atoms with Crippen molar-refractivity contribution in [1.82, 2.24) is 5.32 Å². The molecule has 0 radical (unpaired) electrons. The maximum atomic E-state index is 4.73. The van der Waals surface area contributed by atoms with E-state index in [-0.39, 0.29) is 0 Å². The number of nitrogens with zero attached hydrogens (tertiary/aromatic N) is 1. The maximum Gasteiger partial charge on any atom is 0.157 e. The quantitative estimate of drug-likeness (QED) is 0.778. The van der Waals surface area contributed by atoms with E-state index in [1.807, 2.05) is 11.8 Å². The van der Waals surface area contributed by atoms with Crippen molar-refractivity contribution in [1.29, 1.82) is 0 Å². The summed E-state index contributed by atoms with van der Waals surface area (Å²) < 4.78 is 0. The van der Waals surface area contributed by atoms with Crippen LogP contribution in [0.5, 0.6) is 0 Å². The van der Waals surface area contributed by atoms with Crippen LogP contribution in [-0.4, -0.2) is 22.5 Å². The fourth-order valence-corrected chi connectivity index (χ4v) is 3.23. The van der Waals surface area contributed by atoms with Crippen LogP contribution in [0.25, 0.3) is 0 Å². The molecule has 1 saturated carbocycles. The van der Waals surface area contributed by atoms with Gasteiger partial charge in [-0.2, -0.15) is 0 Å². The number of thioether (sulfide) groups is 1. The van der Waals surface area contributed by atoms with Gasteiger partial charge in [0.25, 0.3) is 0 Å². The highest BCUT2D eigenvalue weighted by molar-refractivity contribution is 8.14. The number of aliphatic imine (C=N–C) groups is 1. The van der Waals surface area contributed by atoms with Gasteiger partial charge in [0, 0.05) is 11.3 Å². The van der Waals surface area contributed by atoms with Gasteiger partial charge in [0.1, 0.15) is 0 Å². The molecule has 2 nitrogen and oxygen atoms in total. The SMILES string of the molecule is CCC1(CC)CSC(=NC2CC2C)N1. The fraction of sp³-hybridized carbons (Fsp3) is 0.909. The first-order chi connectivity index (χ1) is 6.69. The molecule has 2 unspecified atom stereocenters. The summed E-state index contributed by atoms with van der Waals surface area (Å²) in [6.07, 6.45) is 3.70. The second-order valence-corrected chi connectivity index (χ2v) is 5.58. The lowest BCUT2D eigenvalue weighted by molar-refractivity contribution is 0.407. The molecular formula is C11H20N2S. The predicted octanol–water partition coefficient (Wildman–Crippen LogP) is 2.65. The van der Waals surface area contributed by atoms with Crippen LogP contribution < -0.4 is 5.32 Å². The monoisotopic (exact) mass is 212 g/mol. The molecule has 2 rings (SSSR count). The molecule has 1 saturated heterocycles. The highest BCUT2D eigenvalue weighted by Crippen LogP contribution is 2.36. The zero-order valence-corrected chi connectivity index (χ0v) is 10.2. The van der Waals surface area contributed by atoms with Gasteiger partial charge < -0.3 is 5.32 Å². The van der Waals surface area contributed by atoms with Gasteiger partial charge in [-0.3, -0.25) is 4.99 Å². The highest BCUT2D eigenvalue weighted by atomic mass is 32.2. The minimum atomic E-state index is 0.335. The summed E-state index contributed by atoms with van der Waals surface area (Å²) in [5.41, 5.74) is 0.335. The van der Waals surface area contributed by atoms with Crippen molar-refractivity contribution in [3.8, 4) is 0 Å². The Morgan fingerprint density at radius 2 is 2.14 bits per heavy atom. The maximum absolute atomic E-state index is 4.73. The van der Waals surface area contributed by atoms with Gasteiger partial charge in [0.15, 0.2) is 5.17 Å². The van der Waals surface area contributed by atoms with E-state index in [0.717, 1.165) is 5.92 Å². The average molecular weight is 212 g/mol. The Balaban J connectivity index is 1.96. The molecular weight excluding hydrogens is 192 g/mol. The van der Waals surface area contributed by atoms with Crippen LogP contribution in [0.2, 0.25) is 0 Å². The number of rotatable bonds is 3. The van der Waals surface area contributed by atoms with Gasteiger partial charge in [-0.1, -0.05) is 32.5 Å². The van der Waals surface area contributed by atoms with Gasteiger partial charge in [0.2, 0.25) is 0 Å². The van der Waals surface area contributed by atoms with Gasteiger partial charge in [-0.15, -0.1) is 0 Å². The van der Waals surface area contributed by atoms with Crippen molar-refractivity contribution in [3.63, 3.8) is 0 Å². The Morgan fingerprint density at radius 3 is 2.57 bits per heavy atom. The standard InChI is InChI=1S/C11H20N2S/c1-4-11(5-2)7-14-10(13-11)12-9-6-8(9)3/h8-9H,4-7H2,1-3H3,(H,12,13). The second kappa shape index (κ2) is 3.76. The van der Waals surface area contributed by atoms with E-state index in [4.69, 9.17) is 4.99 Å². The number of nitrogens with one attached hydrogen (secondary N) is 1. The minimum absolute atomic E-state index is 0.335. The van der Waals surface area contributed by atoms with E-state index in [0.29, 0.717) is 11.6 Å². The summed E-state index contributed by atoms with van der Waals surface area (Å²) in [5, 5.41) is 4.81. The lowest BCUT2D eigenvalue weighted by Gasteiger charge is -2.25. The predicted molar refractivity (Wildman–Crippen MR) is 63.9 cm³/mol. The molecule has 0 spiro atoms. The van der Waals surface area contributed by atoms with Crippen LogP contribution in [0, 0.1) is 5.92 Å². The van der Waals surface area contributed by atoms with Crippen LogP contribution in [0.15, 0.2) is 4.99 Å². The molecule has 2 aliphatic rings. The Kier molecular flexibility index (Phi) is 2.78. The highest BCUT2D eigenvalue weighted by Gasteiger charge is 2.37. The van der Waals surface area contributed by atoms with Crippen LogP contribution in [0.3, 0.4) is 0 Å². The third-order valence-corrected chi connectivity index (χ3v) is 4.74. The van der Waals surface area contributed by atoms with E-state index in [1.54, 1.807) is 0 Å². The van der Waals surface area contributed by atoms with Crippen LogP contribution >= 0.6 is 11.8 Å². The van der Waals surface area contributed by atoms with E-state index >= 15 is 0 Å². The summed E-state index contributed by atoms with van der Waals surface area (Å²) in [5.74, 6) is 2.02. The summed E-state index contributed by atoms with van der Waals surface area (Å²) in [6, 6.07) is 0.620. The molecule has 1 heterocycles. The van der Waals surface area contributed by atoms with Crippen molar-refractivity contribution in [2.24, 2.45) is 10.9 Å². The minimum Gasteiger partial charge on any atom is -0.359 e. The van der Waals surface area contributed by atoms with Crippen LogP contribution in [0.1, 0.15) is 40.0 Å². The summed E-state index contributed by atoms with van der Waals surface area (Å²) in [4.78, 5) is 4.73. The van der Waals surface area contributed by atoms with Crippen molar-refractivity contribution in [3.05, 3.63) is 0 Å². The van der Waals surface area contributed by atoms with E-state index in [2.05, 4.69) is 26.1 Å². The lowest BCUT2D eigenvalue weighted by Crippen LogP contribution is -2.42. The lowest BCUT2D eigenvalue weighted by atomic mass is 9.96. The van der Waals surface area contributed by atoms with Gasteiger partial charge >= 0.3 is 0 Å². The molecule has 80 valence electrons. The van der Waals surface area contributed by atoms with E-state index in [9.17, 15) is 0 Å². The zero-order valence-electron chi connectivity index (χ0n) is 9.34. The van der Waals surface area contributed by atoms with Gasteiger partial charge in [-0.25, -0.2) is 0 Å². The Morgan fingerprint density at radius 1 is 1.50 bits per heavy atom. The molecule has 2 fully saturated rings. The fourth-order valence-electron chi connectivity index (χ4n) is 1.84. The van der Waals surface area contributed by atoms with Crippen LogP contribution in [0.4, 0.5) is 0 Å². The summed E-state index contributed by atoms with van der Waals surface area (Å²) >= 11 is 1.91. The smallest absolute Gasteiger partial charge is 0.157 e. The molecule has 14 heavy (non-hydrogen) atoms. The topological polar surface area (TPSA) is 24.4 Å². The first-order valence-corrected chi connectivity index (χ1v) is 6.66. The number of hydrogen-bond donors (Lipinski definition) is 1. The Labute approximate surface area is 90.9 Å². The zero-order chi connectivity index (χ0) is 10.2. The second-order valence-electron chi connectivity index (χ2n) is 4.62. The first-order valence-electron chi connectivity index (χ1n) is 5.68. The van der Waals surface area contributed by atoms with E-state index in [1.165, 1.54) is 30.2 Å². The van der Waals surface area contributed by atoms with Crippen LogP contribution in [-0.2, 0) is 0 Å². The molecule has 2 atom stereocenters. The van der Waals surface area contributed by atoms with Gasteiger partial charge in [0.05, 0.1) is 6.04 Å². The molecule has 1 N–H and O–H groups in total. The van der Waals surface area contributed by atoms with Crippen molar-refractivity contribution < 1.29 is 0 Å². The molecule has 0 amide bonds. The number of hydrogen-bond acceptors (Lipinski definition) is 2. The molecule has 0 aromatic carbocycles. The summed E-state index contributed by atoms with van der Waals surface area (Å²) in [6.45, 7) is 6.81. The number of amidine groups is 1. The molecule has 0 aromatic rings. The van der Waals surface area contributed by atoms with Crippen molar-refractivity contribution in [2.75, 3.05) is 5.75 Å². The van der Waals surface area contributed by atoms with Gasteiger partial charge in [-0.05, 0) is 25.2 Å². The average Bonchev–Trinajstić information content (AvgIpc) is 2.74. The van der Waals surface area contributed by atoms with E-state index < -0.39 is 0 Å². The third kappa shape index (κ3) is 1.92. The summed E-state index contributed by atoms with van der Waals surface area (Å²) in [7, 11) is 0. The van der Waals surface area contributed by atoms with Crippen molar-refractivity contribution >= 4 is 16.9 Å². The Hall–Kier alpha value is -0.180. The molecule has 0 bridgehead atoms. The first kappa shape index (κ1) is 10.3. The third-order valence-electron chi connectivity index (χ3n) is 3.56.